The molecular formula is C16H17N3O2. The zero-order valence-corrected chi connectivity index (χ0v) is 12.0. The Morgan fingerprint density at radius 2 is 2.10 bits per heavy atom. The van der Waals surface area contributed by atoms with Crippen LogP contribution in [-0.2, 0) is 6.61 Å². The average Bonchev–Trinajstić information content (AvgIpc) is 2.96. The molecule has 0 aliphatic heterocycles. The van der Waals surface area contributed by atoms with Crippen molar-refractivity contribution in [2.75, 3.05) is 0 Å². The highest BCUT2D eigenvalue weighted by atomic mass is 16.5. The highest BCUT2D eigenvalue weighted by molar-refractivity contribution is 5.87. The van der Waals surface area contributed by atoms with E-state index < -0.39 is 0 Å². The molecule has 0 aliphatic rings. The summed E-state index contributed by atoms with van der Waals surface area (Å²) in [5, 5.41) is 15.5. The number of ether oxygens (including phenoxy) is 1. The number of nitrogens with zero attached hydrogens (tertiary/aromatic N) is 3. The zero-order chi connectivity index (χ0) is 14.8. The second kappa shape index (κ2) is 5.54. The second-order valence-electron chi connectivity index (χ2n) is 5.15. The summed E-state index contributed by atoms with van der Waals surface area (Å²) in [5.41, 5.74) is 0.583. The highest BCUT2D eigenvalue weighted by Gasteiger charge is 2.10. The maximum atomic E-state index is 9.33. The molecule has 0 saturated heterocycles. The van der Waals surface area contributed by atoms with E-state index in [4.69, 9.17) is 4.74 Å². The summed E-state index contributed by atoms with van der Waals surface area (Å²) in [4.78, 5) is 4.36. The molecule has 0 saturated carbocycles. The van der Waals surface area contributed by atoms with Crippen molar-refractivity contribution in [1.82, 2.24) is 14.8 Å². The Balaban J connectivity index is 2.02. The van der Waals surface area contributed by atoms with Crippen molar-refractivity contribution in [2.45, 2.75) is 26.5 Å². The lowest BCUT2D eigenvalue weighted by molar-refractivity contribution is 0.275. The largest absolute Gasteiger partial charge is 0.435 e. The van der Waals surface area contributed by atoms with E-state index in [9.17, 15) is 5.11 Å². The van der Waals surface area contributed by atoms with Gasteiger partial charge in [0, 0.05) is 11.4 Å². The lowest BCUT2D eigenvalue weighted by atomic mass is 10.1. The number of aliphatic hydroxyl groups excluding tert-OH is 1. The Kier molecular flexibility index (Phi) is 3.58. The smallest absolute Gasteiger partial charge is 0.227 e. The average molecular weight is 283 g/mol. The first kappa shape index (κ1) is 13.6. The van der Waals surface area contributed by atoms with Crippen LogP contribution in [0.4, 0.5) is 0 Å². The van der Waals surface area contributed by atoms with Crippen LogP contribution in [0.5, 0.6) is 11.6 Å². The maximum Gasteiger partial charge on any atom is 0.227 e. The number of hydrogen-bond donors (Lipinski definition) is 1. The van der Waals surface area contributed by atoms with Gasteiger partial charge in [-0.05, 0) is 31.4 Å². The molecule has 3 aromatic rings. The normalized spacial score (nSPS) is 11.2. The summed E-state index contributed by atoms with van der Waals surface area (Å²) in [5.74, 6) is 1.12. The summed E-state index contributed by atoms with van der Waals surface area (Å²) in [7, 11) is 0. The summed E-state index contributed by atoms with van der Waals surface area (Å²) in [6, 6.07) is 9.94. The van der Waals surface area contributed by atoms with Crippen molar-refractivity contribution in [1.29, 1.82) is 0 Å². The Labute approximate surface area is 122 Å². The van der Waals surface area contributed by atoms with Crippen LogP contribution in [0, 0.1) is 0 Å². The molecule has 1 aromatic carbocycles. The first-order chi connectivity index (χ1) is 10.2. The van der Waals surface area contributed by atoms with E-state index in [0.29, 0.717) is 17.3 Å². The number of hydrogen-bond acceptors (Lipinski definition) is 4. The minimum Gasteiger partial charge on any atom is -0.435 e. The molecule has 0 aliphatic carbocycles. The quantitative estimate of drug-likeness (QED) is 0.798. The molecule has 5 nitrogen and oxygen atoms in total. The van der Waals surface area contributed by atoms with Crippen LogP contribution < -0.4 is 4.74 Å². The number of benzene rings is 1. The van der Waals surface area contributed by atoms with Crippen LogP contribution in [0.25, 0.3) is 10.8 Å². The predicted molar refractivity (Wildman–Crippen MR) is 80.4 cm³/mol. The molecule has 2 aromatic heterocycles. The molecule has 1 N–H and O–H groups in total. The van der Waals surface area contributed by atoms with Crippen molar-refractivity contribution in [2.24, 2.45) is 0 Å². The predicted octanol–water partition coefficient (Wildman–Crippen LogP) is 3.30. The Bertz CT molecular complexity index is 765. The van der Waals surface area contributed by atoms with Crippen molar-refractivity contribution < 1.29 is 9.84 Å². The summed E-state index contributed by atoms with van der Waals surface area (Å²) >= 11 is 0. The number of aromatic nitrogens is 3. The van der Waals surface area contributed by atoms with Gasteiger partial charge in [0.15, 0.2) is 5.75 Å². The van der Waals surface area contributed by atoms with Crippen LogP contribution in [0.1, 0.15) is 25.6 Å². The van der Waals surface area contributed by atoms with E-state index >= 15 is 0 Å². The maximum absolute atomic E-state index is 9.33. The van der Waals surface area contributed by atoms with Gasteiger partial charge in [0.05, 0.1) is 24.7 Å². The molecule has 0 radical (unpaired) electrons. The van der Waals surface area contributed by atoms with Crippen LogP contribution in [0.2, 0.25) is 0 Å². The molecule has 5 heteroatoms. The first-order valence-corrected chi connectivity index (χ1v) is 6.89. The fraction of sp³-hybridized carbons (Fsp3) is 0.250. The van der Waals surface area contributed by atoms with Gasteiger partial charge in [-0.1, -0.05) is 18.2 Å². The van der Waals surface area contributed by atoms with E-state index in [-0.39, 0.29) is 12.6 Å². The number of pyridine rings is 1. The Hall–Kier alpha value is -2.40. The number of fused-ring (bicyclic) bond motifs is 1. The molecule has 2 heterocycles. The molecule has 0 amide bonds. The molecule has 0 bridgehead atoms. The van der Waals surface area contributed by atoms with Crippen molar-refractivity contribution >= 4 is 10.8 Å². The van der Waals surface area contributed by atoms with E-state index in [0.717, 1.165) is 10.8 Å². The highest BCUT2D eigenvalue weighted by Crippen LogP contribution is 2.29. The summed E-state index contributed by atoms with van der Waals surface area (Å²) in [6.07, 6.45) is 3.51. The third-order valence-electron chi connectivity index (χ3n) is 3.24. The van der Waals surface area contributed by atoms with Gasteiger partial charge in [0.2, 0.25) is 5.88 Å². The van der Waals surface area contributed by atoms with Crippen molar-refractivity contribution in [3.8, 4) is 11.6 Å². The van der Waals surface area contributed by atoms with Gasteiger partial charge in [-0.15, -0.1) is 0 Å². The van der Waals surface area contributed by atoms with E-state index in [1.165, 1.54) is 0 Å². The van der Waals surface area contributed by atoms with Gasteiger partial charge in [-0.25, -0.2) is 4.98 Å². The molecule has 3 rings (SSSR count). The molecular weight excluding hydrogens is 266 g/mol. The summed E-state index contributed by atoms with van der Waals surface area (Å²) in [6.45, 7) is 3.99. The third-order valence-corrected chi connectivity index (χ3v) is 3.24. The lowest BCUT2D eigenvalue weighted by Gasteiger charge is -2.08. The molecule has 21 heavy (non-hydrogen) atoms. The Morgan fingerprint density at radius 3 is 2.81 bits per heavy atom. The van der Waals surface area contributed by atoms with Gasteiger partial charge in [-0.3, -0.25) is 4.68 Å². The lowest BCUT2D eigenvalue weighted by Crippen LogP contribution is -1.99. The van der Waals surface area contributed by atoms with Crippen LogP contribution in [-0.4, -0.2) is 19.9 Å². The molecule has 0 unspecified atom stereocenters. The fourth-order valence-electron chi connectivity index (χ4n) is 2.15. The fourth-order valence-corrected chi connectivity index (χ4v) is 2.15. The molecule has 0 spiro atoms. The van der Waals surface area contributed by atoms with Gasteiger partial charge in [-0.2, -0.15) is 5.10 Å². The van der Waals surface area contributed by atoms with Crippen LogP contribution >= 0.6 is 0 Å². The topological polar surface area (TPSA) is 60.2 Å². The van der Waals surface area contributed by atoms with Crippen LogP contribution in [0.3, 0.4) is 0 Å². The van der Waals surface area contributed by atoms with Gasteiger partial charge < -0.3 is 9.84 Å². The second-order valence-corrected chi connectivity index (χ2v) is 5.15. The zero-order valence-electron chi connectivity index (χ0n) is 12.0. The SMILES string of the molecule is CC(C)n1cc(Oc2nc(CO)cc3ccccc23)cn1. The van der Waals surface area contributed by atoms with E-state index in [1.807, 2.05) is 41.2 Å². The Morgan fingerprint density at radius 1 is 1.29 bits per heavy atom. The molecule has 0 fully saturated rings. The standard InChI is InChI=1S/C16H17N3O2/c1-11(2)19-9-14(8-17-19)21-16-15-6-4-3-5-12(15)7-13(10-20)18-16/h3-9,11,20H,10H2,1-2H3. The van der Waals surface area contributed by atoms with Gasteiger partial charge >= 0.3 is 0 Å². The minimum atomic E-state index is -0.119. The van der Waals surface area contributed by atoms with Crippen molar-refractivity contribution in [3.63, 3.8) is 0 Å². The molecule has 108 valence electrons. The van der Waals surface area contributed by atoms with Gasteiger partial charge in [0.25, 0.3) is 0 Å². The third kappa shape index (κ3) is 2.73. The number of rotatable bonds is 4. The van der Waals surface area contributed by atoms with E-state index in [2.05, 4.69) is 23.9 Å². The van der Waals surface area contributed by atoms with Crippen LogP contribution in [0.15, 0.2) is 42.7 Å². The monoisotopic (exact) mass is 283 g/mol. The van der Waals surface area contributed by atoms with Crippen molar-refractivity contribution in [3.05, 3.63) is 48.4 Å². The molecule has 0 atom stereocenters. The summed E-state index contributed by atoms with van der Waals surface area (Å²) < 4.78 is 7.69. The minimum absolute atomic E-state index is 0.119. The van der Waals surface area contributed by atoms with E-state index in [1.54, 1.807) is 6.20 Å². The number of aliphatic hydroxyl groups is 1. The first-order valence-electron chi connectivity index (χ1n) is 6.89. The van der Waals surface area contributed by atoms with Gasteiger partial charge in [0.1, 0.15) is 0 Å².